The zero-order valence-electron chi connectivity index (χ0n) is 15.4. The summed E-state index contributed by atoms with van der Waals surface area (Å²) in [5.41, 5.74) is -10.8. The topological polar surface area (TPSA) is 40.1 Å². The van der Waals surface area contributed by atoms with Gasteiger partial charge < -0.3 is 5.11 Å². The lowest BCUT2D eigenvalue weighted by Crippen LogP contribution is -2.18. The molecule has 0 unspecified atom stereocenters. The van der Waals surface area contributed by atoms with Crippen LogP contribution in [0.15, 0.2) is 42.5 Å². The van der Waals surface area contributed by atoms with Crippen molar-refractivity contribution in [2.45, 2.75) is 24.7 Å². The molecule has 2 aromatic carbocycles. The van der Waals surface area contributed by atoms with Crippen molar-refractivity contribution in [2.75, 3.05) is 0 Å². The molecular formula is C19H7F12O2-. The molecule has 0 heterocycles. The van der Waals surface area contributed by atoms with E-state index in [2.05, 4.69) is 0 Å². The molecule has 0 aliphatic rings. The van der Waals surface area contributed by atoms with Gasteiger partial charge in [0.15, 0.2) is 5.78 Å². The molecule has 0 spiro atoms. The number of alkyl halides is 12. The number of rotatable bonds is 3. The van der Waals surface area contributed by atoms with Crippen molar-refractivity contribution in [3.8, 4) is 0 Å². The second-order valence-corrected chi connectivity index (χ2v) is 6.38. The highest BCUT2D eigenvalue weighted by molar-refractivity contribution is 6.08. The number of ketones is 1. The van der Waals surface area contributed by atoms with E-state index in [9.17, 15) is 62.6 Å². The summed E-state index contributed by atoms with van der Waals surface area (Å²) in [6.45, 7) is 0. The van der Waals surface area contributed by atoms with Crippen LogP contribution in [0.1, 0.15) is 38.2 Å². The Hall–Kier alpha value is -3.19. The number of halogens is 12. The molecule has 0 atom stereocenters. The minimum atomic E-state index is -5.52. The number of allylic oxidation sites excluding steroid dienone is 1. The molecule has 0 aliphatic heterocycles. The third-order valence-corrected chi connectivity index (χ3v) is 4.10. The smallest absolute Gasteiger partial charge is 0.417 e. The average molecular weight is 495 g/mol. The molecule has 2 nitrogen and oxygen atoms in total. The monoisotopic (exact) mass is 495 g/mol. The van der Waals surface area contributed by atoms with Crippen molar-refractivity contribution >= 4 is 11.5 Å². The molecule has 14 heteroatoms. The average Bonchev–Trinajstić information content (AvgIpc) is 2.64. The summed E-state index contributed by atoms with van der Waals surface area (Å²) in [7, 11) is 0. The van der Waals surface area contributed by atoms with E-state index in [1.54, 1.807) is 0 Å². The van der Waals surface area contributed by atoms with E-state index in [1.165, 1.54) is 0 Å². The molecule has 0 bridgehead atoms. The van der Waals surface area contributed by atoms with Gasteiger partial charge in [0.1, 0.15) is 0 Å². The Morgan fingerprint density at radius 3 is 1.33 bits per heavy atom. The maximum absolute atomic E-state index is 13.1. The lowest BCUT2D eigenvalue weighted by Gasteiger charge is -2.21. The summed E-state index contributed by atoms with van der Waals surface area (Å²) in [5, 5.41) is 12.1. The van der Waals surface area contributed by atoms with Crippen molar-refractivity contribution in [1.29, 1.82) is 0 Å². The Morgan fingerprint density at radius 2 is 0.970 bits per heavy atom. The second-order valence-electron chi connectivity index (χ2n) is 6.38. The third-order valence-electron chi connectivity index (χ3n) is 4.10. The Kier molecular flexibility index (Phi) is 6.56. The summed E-state index contributed by atoms with van der Waals surface area (Å²) in [6.07, 6.45) is -21.8. The van der Waals surface area contributed by atoms with E-state index in [4.69, 9.17) is 0 Å². The van der Waals surface area contributed by atoms with Crippen LogP contribution in [0.5, 0.6) is 0 Å². The predicted octanol–water partition coefficient (Wildman–Crippen LogP) is 6.35. The van der Waals surface area contributed by atoms with Gasteiger partial charge in [0.25, 0.3) is 0 Å². The van der Waals surface area contributed by atoms with Gasteiger partial charge in [0.05, 0.1) is 22.3 Å². The van der Waals surface area contributed by atoms with Crippen LogP contribution in [0.3, 0.4) is 0 Å². The fourth-order valence-electron chi connectivity index (χ4n) is 2.61. The van der Waals surface area contributed by atoms with Crippen LogP contribution >= 0.6 is 0 Å². The molecule has 33 heavy (non-hydrogen) atoms. The highest BCUT2D eigenvalue weighted by Gasteiger charge is 2.40. The fourth-order valence-corrected chi connectivity index (χ4v) is 2.61. The largest absolute Gasteiger partial charge is 0.872 e. The van der Waals surface area contributed by atoms with E-state index in [-0.39, 0.29) is 30.3 Å². The lowest BCUT2D eigenvalue weighted by molar-refractivity contribution is -0.244. The van der Waals surface area contributed by atoms with Crippen LogP contribution in [-0.2, 0) is 24.7 Å². The molecule has 2 aromatic rings. The summed E-state index contributed by atoms with van der Waals surface area (Å²) in [6, 6.07) is -0.528. The summed E-state index contributed by atoms with van der Waals surface area (Å²) < 4.78 is 155. The van der Waals surface area contributed by atoms with Crippen LogP contribution in [0.25, 0.3) is 5.76 Å². The van der Waals surface area contributed by atoms with Crippen molar-refractivity contribution in [3.63, 3.8) is 0 Å². The normalized spacial score (nSPS) is 13.9. The van der Waals surface area contributed by atoms with Crippen molar-refractivity contribution < 1.29 is 62.6 Å². The summed E-state index contributed by atoms with van der Waals surface area (Å²) in [5.74, 6) is -3.82. The van der Waals surface area contributed by atoms with Gasteiger partial charge in [-0.1, -0.05) is 11.8 Å². The van der Waals surface area contributed by atoms with Gasteiger partial charge in [-0.15, -0.1) is 0 Å². The number of hydrogen-bond acceptors (Lipinski definition) is 2. The van der Waals surface area contributed by atoms with Gasteiger partial charge in [-0.2, -0.15) is 52.7 Å². The van der Waals surface area contributed by atoms with E-state index < -0.39 is 81.8 Å². The Bertz CT molecular complexity index is 1090. The van der Waals surface area contributed by atoms with Crippen molar-refractivity contribution in [3.05, 3.63) is 75.9 Å². The Morgan fingerprint density at radius 1 is 0.606 bits per heavy atom. The molecule has 0 saturated carbocycles. The first-order valence-electron chi connectivity index (χ1n) is 8.23. The Labute approximate surface area is 175 Å². The maximum atomic E-state index is 13.1. The third kappa shape index (κ3) is 5.99. The quantitative estimate of drug-likeness (QED) is 0.216. The first-order chi connectivity index (χ1) is 14.7. The first-order valence-corrected chi connectivity index (χ1v) is 8.23. The van der Waals surface area contributed by atoms with E-state index in [0.717, 1.165) is 0 Å². The van der Waals surface area contributed by atoms with Gasteiger partial charge in [-0.3, -0.25) is 4.79 Å². The molecule has 0 aliphatic carbocycles. The number of benzene rings is 2. The van der Waals surface area contributed by atoms with Crippen LogP contribution < -0.4 is 5.11 Å². The van der Waals surface area contributed by atoms with Gasteiger partial charge in [-0.05, 0) is 42.0 Å². The van der Waals surface area contributed by atoms with E-state index >= 15 is 0 Å². The summed E-state index contributed by atoms with van der Waals surface area (Å²) in [4.78, 5) is 12.1. The number of hydrogen-bond donors (Lipinski definition) is 0. The lowest BCUT2D eigenvalue weighted by atomic mass is 9.97. The standard InChI is InChI=1S/C19H8F12O2/c20-16(21,22)8-1-3-10(12(5-8)18(26,27)28)14(32)7-15(33)11-4-2-9(17(23,24)25)6-13(11)19(29,30)31/h1-7,32H/p-1/b14-7-. The maximum Gasteiger partial charge on any atom is 0.417 e. The predicted molar refractivity (Wildman–Crippen MR) is 85.2 cm³/mol. The number of carbonyl (C=O) groups is 1. The highest BCUT2D eigenvalue weighted by Crippen LogP contribution is 2.40. The molecule has 0 fully saturated rings. The van der Waals surface area contributed by atoms with Crippen molar-refractivity contribution in [1.82, 2.24) is 0 Å². The zero-order valence-corrected chi connectivity index (χ0v) is 15.4. The molecule has 0 radical (unpaired) electrons. The Balaban J connectivity index is 2.62. The molecule has 2 rings (SSSR count). The van der Waals surface area contributed by atoms with E-state index in [0.29, 0.717) is 0 Å². The van der Waals surface area contributed by atoms with Crippen LogP contribution in [0, 0.1) is 0 Å². The SMILES string of the molecule is O=C(/C=C(\[O-])c1ccc(C(F)(F)F)cc1C(F)(F)F)c1ccc(C(F)(F)F)cc1C(F)(F)F. The molecule has 0 amide bonds. The molecule has 0 N–H and O–H groups in total. The fraction of sp³-hybridized carbons (Fsp3) is 0.211. The van der Waals surface area contributed by atoms with Gasteiger partial charge in [0, 0.05) is 5.56 Å². The zero-order chi connectivity index (χ0) is 25.6. The van der Waals surface area contributed by atoms with Crippen LogP contribution in [0.4, 0.5) is 52.7 Å². The first kappa shape index (κ1) is 26.1. The molecule has 0 saturated heterocycles. The summed E-state index contributed by atoms with van der Waals surface area (Å²) >= 11 is 0. The molecule has 0 aromatic heterocycles. The van der Waals surface area contributed by atoms with E-state index in [1.807, 2.05) is 0 Å². The minimum Gasteiger partial charge on any atom is -0.872 e. The van der Waals surface area contributed by atoms with Gasteiger partial charge >= 0.3 is 24.7 Å². The molecule has 180 valence electrons. The van der Waals surface area contributed by atoms with Crippen LogP contribution in [0.2, 0.25) is 0 Å². The molecular weight excluding hydrogens is 488 g/mol. The van der Waals surface area contributed by atoms with Crippen LogP contribution in [-0.4, -0.2) is 5.78 Å². The number of carbonyl (C=O) groups excluding carboxylic acids is 1. The van der Waals surface area contributed by atoms with Gasteiger partial charge in [0.2, 0.25) is 0 Å². The van der Waals surface area contributed by atoms with Gasteiger partial charge in [-0.25, -0.2) is 0 Å². The second kappa shape index (κ2) is 8.30. The minimum absolute atomic E-state index is 0.0786. The van der Waals surface area contributed by atoms with Crippen molar-refractivity contribution in [2.24, 2.45) is 0 Å². The highest BCUT2D eigenvalue weighted by atomic mass is 19.4.